The largest absolute Gasteiger partial charge is 0.425 e. The van der Waals surface area contributed by atoms with Gasteiger partial charge in [0.05, 0.1) is 34.3 Å². The van der Waals surface area contributed by atoms with E-state index in [1.165, 1.54) is 65.6 Å². The van der Waals surface area contributed by atoms with Crippen molar-refractivity contribution in [2.45, 2.75) is 21.6 Å². The molecule has 0 spiro atoms. The quantitative estimate of drug-likeness (QED) is 0.0801. The summed E-state index contributed by atoms with van der Waals surface area (Å²) in [6, 6.07) is 21.4. The Hall–Kier alpha value is -5.62. The Morgan fingerprint density at radius 3 is 2.07 bits per heavy atom. The first-order valence-electron chi connectivity index (χ1n) is 16.6. The second kappa shape index (κ2) is 18.6. The molecule has 6 aromatic rings. The van der Waals surface area contributed by atoms with E-state index in [-0.39, 0.29) is 72.4 Å². The second-order valence-electron chi connectivity index (χ2n) is 12.0. The number of aromatic nitrogens is 3. The van der Waals surface area contributed by atoms with Gasteiger partial charge in [0, 0.05) is 28.4 Å². The van der Waals surface area contributed by atoms with Crippen molar-refractivity contribution in [1.82, 2.24) is 15.0 Å². The predicted molar refractivity (Wildman–Crippen MR) is 218 cm³/mol. The number of halogens is 1. The molecule has 1 heterocycles. The zero-order chi connectivity index (χ0) is 44.9. The first-order valence-corrected chi connectivity index (χ1v) is 23.9. The lowest BCUT2D eigenvalue weighted by molar-refractivity contribution is 0.284. The Labute approximate surface area is 353 Å². The Morgan fingerprint density at radius 2 is 1.41 bits per heavy atom. The Kier molecular flexibility index (Phi) is 14.1. The third-order valence-electron chi connectivity index (χ3n) is 8.11. The number of hydrogen-bond donors (Lipinski definition) is 4. The van der Waals surface area contributed by atoms with Crippen molar-refractivity contribution in [3.05, 3.63) is 96.3 Å². The zero-order valence-corrected chi connectivity index (χ0v) is 35.5. The minimum absolute atomic E-state index is 0.0510. The van der Waals surface area contributed by atoms with Crippen LogP contribution >= 0.6 is 11.6 Å². The molecule has 0 radical (unpaired) electrons. The van der Waals surface area contributed by atoms with Crippen LogP contribution in [0.3, 0.4) is 0 Å². The van der Waals surface area contributed by atoms with E-state index in [1.54, 1.807) is 31.2 Å². The fourth-order valence-corrected chi connectivity index (χ4v) is 8.80. The monoisotopic (exact) mass is 957 g/mol. The molecule has 0 saturated heterocycles. The van der Waals surface area contributed by atoms with Gasteiger partial charge in [-0.15, -0.1) is 17.7 Å². The molecule has 1 aromatic heterocycles. The molecular weight excluding hydrogens is 930 g/mol. The van der Waals surface area contributed by atoms with Crippen LogP contribution in [0.4, 0.5) is 34.6 Å². The molecule has 6 rings (SSSR count). The highest BCUT2D eigenvalue weighted by Gasteiger charge is 2.23. The molecule has 0 aliphatic carbocycles. The van der Waals surface area contributed by atoms with E-state index < -0.39 is 68.3 Å². The third kappa shape index (κ3) is 12.0. The van der Waals surface area contributed by atoms with Crippen molar-refractivity contribution >= 4 is 119 Å². The highest BCUT2D eigenvalue weighted by Crippen LogP contribution is 2.39. The van der Waals surface area contributed by atoms with Crippen molar-refractivity contribution in [2.75, 3.05) is 29.1 Å². The number of fused-ring (bicyclic) bond motifs is 2. The predicted octanol–water partition coefficient (Wildman–Crippen LogP) is 5.23. The summed E-state index contributed by atoms with van der Waals surface area (Å²) in [6.07, 6.45) is 0. The fraction of sp³-hybridized carbons (Fsp3) is 0.121. The van der Waals surface area contributed by atoms with Gasteiger partial charge in [-0.25, -0.2) is 12.6 Å². The van der Waals surface area contributed by atoms with Gasteiger partial charge in [0.2, 0.25) is 17.2 Å². The van der Waals surface area contributed by atoms with Gasteiger partial charge in [-0.3, -0.25) is 13.7 Å². The molecule has 61 heavy (non-hydrogen) atoms. The minimum Gasteiger partial charge on any atom is -0.323 e. The van der Waals surface area contributed by atoms with E-state index in [2.05, 4.69) is 34.7 Å². The maximum absolute atomic E-state index is 12.9. The van der Waals surface area contributed by atoms with Gasteiger partial charge in [-0.05, 0) is 78.5 Å². The van der Waals surface area contributed by atoms with Gasteiger partial charge in [0.1, 0.15) is 9.79 Å². The molecule has 0 fully saturated rings. The van der Waals surface area contributed by atoms with Crippen molar-refractivity contribution in [3.63, 3.8) is 0 Å². The van der Waals surface area contributed by atoms with Gasteiger partial charge >= 0.3 is 21.0 Å². The summed E-state index contributed by atoms with van der Waals surface area (Å²) in [7, 11) is -21.5. The Morgan fingerprint density at radius 1 is 0.754 bits per heavy atom. The van der Waals surface area contributed by atoms with Gasteiger partial charge in [-0.2, -0.15) is 45.3 Å². The van der Waals surface area contributed by atoms with Gasteiger partial charge in [-0.1, -0.05) is 36.4 Å². The van der Waals surface area contributed by atoms with Crippen molar-refractivity contribution in [3.8, 4) is 0 Å². The summed E-state index contributed by atoms with van der Waals surface area (Å²) < 4.78 is 155. The average molecular weight is 958 g/mol. The molecule has 0 atom stereocenters. The average Bonchev–Trinajstić information content (AvgIpc) is 3.15. The van der Waals surface area contributed by atoms with Crippen LogP contribution in [0.5, 0.6) is 0 Å². The van der Waals surface area contributed by atoms with Crippen LogP contribution in [0.25, 0.3) is 21.5 Å². The molecular formula is C33H28ClN7O15S5. The van der Waals surface area contributed by atoms with Gasteiger partial charge in [0.25, 0.3) is 20.2 Å². The summed E-state index contributed by atoms with van der Waals surface area (Å²) in [5, 5.41) is 11.9. The number of nitrogens with one attached hydrogen (secondary N) is 1. The van der Waals surface area contributed by atoms with Crippen LogP contribution in [0.2, 0.25) is 5.28 Å². The zero-order valence-electron chi connectivity index (χ0n) is 30.6. The van der Waals surface area contributed by atoms with Crippen molar-refractivity contribution in [2.24, 2.45) is 10.2 Å². The van der Waals surface area contributed by atoms with E-state index in [4.69, 9.17) is 28.8 Å². The third-order valence-corrected chi connectivity index (χ3v) is 12.2. The summed E-state index contributed by atoms with van der Waals surface area (Å²) in [4.78, 5) is 13.1. The standard InChI is InChI=1S/C33H28ClN7O12S4.O3S/c1-2-41(22-7-4-8-23(19-22)54(42,43)17-16-53-57(50,51)52)33-37-31(34)36-32(38-33)35-27-15-14-26(24-9-5-11-29(30(24)27)56(47,48)49)40-39-21-13-12-20-6-3-10-28(25(20)18-21)55(44,45)46;1-4(2)3/h3-15,18-19H,2,16-17H2,1H3,(H,44,45,46)(H,47,48,49)(H,50,51,52)(H,35,36,37,38);. The molecule has 4 N–H and O–H groups in total. The van der Waals surface area contributed by atoms with E-state index >= 15 is 0 Å². The SMILES string of the molecule is CCN(c1cccc(S(=O)(=O)CCOS(=O)(=O)O)c1)c1nc(Cl)nc(Nc2ccc(N=Nc3ccc4cccc(S(=O)(=O)O)c4c3)c3cccc(S(=O)(=O)O)c23)n1.O=S(=O)=O. The first kappa shape index (κ1) is 46.4. The number of hydrogen-bond acceptors (Lipinski definition) is 19. The van der Waals surface area contributed by atoms with Gasteiger partial charge < -0.3 is 10.2 Å². The highest BCUT2D eigenvalue weighted by molar-refractivity contribution is 7.91. The lowest BCUT2D eigenvalue weighted by Gasteiger charge is -2.22. The van der Waals surface area contributed by atoms with Crippen LogP contribution < -0.4 is 10.2 Å². The molecule has 22 nitrogen and oxygen atoms in total. The highest BCUT2D eigenvalue weighted by atomic mass is 35.5. The van der Waals surface area contributed by atoms with Crippen LogP contribution in [-0.4, -0.2) is 93.8 Å². The molecule has 322 valence electrons. The summed E-state index contributed by atoms with van der Waals surface area (Å²) in [6.45, 7) is 1.04. The van der Waals surface area contributed by atoms with Crippen molar-refractivity contribution in [1.29, 1.82) is 0 Å². The number of benzene rings is 5. The molecule has 28 heteroatoms. The fourth-order valence-electron chi connectivity index (χ4n) is 5.68. The summed E-state index contributed by atoms with van der Waals surface area (Å²) in [5.74, 6) is -1.03. The lowest BCUT2D eigenvalue weighted by Crippen LogP contribution is -2.21. The minimum atomic E-state index is -4.86. The molecule has 5 aromatic carbocycles. The van der Waals surface area contributed by atoms with Crippen molar-refractivity contribution < 1.29 is 64.1 Å². The van der Waals surface area contributed by atoms with Crippen LogP contribution in [0.1, 0.15) is 6.92 Å². The normalized spacial score (nSPS) is 12.3. The number of azo groups is 1. The smallest absolute Gasteiger partial charge is 0.323 e. The first-order chi connectivity index (χ1) is 28.5. The molecule has 0 unspecified atom stereocenters. The van der Waals surface area contributed by atoms with Gasteiger partial charge in [0.15, 0.2) is 9.84 Å². The topological polar surface area (TPSA) is 336 Å². The lowest BCUT2D eigenvalue weighted by atomic mass is 10.1. The number of nitrogens with zero attached hydrogens (tertiary/aromatic N) is 6. The van der Waals surface area contributed by atoms with Crippen LogP contribution in [-0.2, 0) is 55.3 Å². The van der Waals surface area contributed by atoms with E-state index in [0.29, 0.717) is 5.39 Å². The van der Waals surface area contributed by atoms with Crippen LogP contribution in [0, 0.1) is 0 Å². The Balaban J connectivity index is 0.00000168. The van der Waals surface area contributed by atoms with E-state index in [9.17, 15) is 42.8 Å². The molecule has 0 amide bonds. The molecule has 0 bridgehead atoms. The number of anilines is 4. The van der Waals surface area contributed by atoms with Crippen LogP contribution in [0.15, 0.2) is 116 Å². The summed E-state index contributed by atoms with van der Waals surface area (Å²) in [5.41, 5.74) is 0.672. The second-order valence-corrected chi connectivity index (χ2v) is 18.7. The number of rotatable bonds is 14. The molecule has 0 saturated carbocycles. The van der Waals surface area contributed by atoms with E-state index in [1.807, 2.05) is 0 Å². The molecule has 0 aliphatic heterocycles. The number of sulfone groups is 1. The summed E-state index contributed by atoms with van der Waals surface area (Å²) >= 11 is 6.30. The maximum Gasteiger partial charge on any atom is 0.425 e. The Bertz CT molecular complexity index is 3280. The maximum atomic E-state index is 12.9. The van der Waals surface area contributed by atoms with E-state index in [0.717, 1.165) is 6.07 Å². The molecule has 0 aliphatic rings.